The molecule has 0 spiro atoms. The van der Waals surface area contributed by atoms with Gasteiger partial charge in [-0.25, -0.2) is 9.36 Å². The van der Waals surface area contributed by atoms with Crippen molar-refractivity contribution in [1.82, 2.24) is 0 Å². The lowest BCUT2D eigenvalue weighted by molar-refractivity contribution is -0.697. The molecule has 214 valence electrons. The van der Waals surface area contributed by atoms with Crippen LogP contribution < -0.4 is 9.47 Å². The highest BCUT2D eigenvalue weighted by molar-refractivity contribution is 7.85. The summed E-state index contributed by atoms with van der Waals surface area (Å²) in [4.78, 5) is 13.7. The number of aryl methyl sites for hydroxylation is 1. The Bertz CT molecular complexity index is 1140. The van der Waals surface area contributed by atoms with E-state index in [1.165, 1.54) is 19.3 Å². The summed E-state index contributed by atoms with van der Waals surface area (Å²) in [6.07, 6.45) is 15.9. The normalized spacial score (nSPS) is 11.6. The van der Waals surface area contributed by atoms with E-state index in [2.05, 4.69) is 83.9 Å². The van der Waals surface area contributed by atoms with Crippen LogP contribution in [0.3, 0.4) is 0 Å². The van der Waals surface area contributed by atoms with Crippen LogP contribution in [0, 0.1) is 0 Å². The van der Waals surface area contributed by atoms with Crippen molar-refractivity contribution in [3.63, 3.8) is 0 Å². The number of esters is 1. The molecule has 0 atom stereocenters. The second-order valence-electron chi connectivity index (χ2n) is 9.96. The molecule has 39 heavy (non-hydrogen) atoms. The van der Waals surface area contributed by atoms with Gasteiger partial charge in [0.15, 0.2) is 12.4 Å². The third kappa shape index (κ3) is 14.1. The van der Waals surface area contributed by atoms with Gasteiger partial charge in [-0.2, -0.15) is 8.42 Å². The molecular weight excluding hydrogens is 512 g/mol. The maximum absolute atomic E-state index is 11.4. The molecule has 1 N–H and O–H groups in total. The predicted molar refractivity (Wildman–Crippen MR) is 159 cm³/mol. The molecule has 0 aliphatic heterocycles. The summed E-state index contributed by atoms with van der Waals surface area (Å²) in [5, 5.41) is 0. The number of nitrogens with zero attached hydrogens (tertiary/aromatic N) is 2. The maximum Gasteiger partial charge on any atom is 0.333 e. The first-order valence-corrected chi connectivity index (χ1v) is 15.6. The van der Waals surface area contributed by atoms with Gasteiger partial charge >= 0.3 is 5.97 Å². The van der Waals surface area contributed by atoms with E-state index in [4.69, 9.17) is 9.29 Å². The molecule has 8 heteroatoms. The van der Waals surface area contributed by atoms with Crippen LogP contribution in [0.4, 0.5) is 5.69 Å². The van der Waals surface area contributed by atoms with Crippen LogP contribution >= 0.6 is 0 Å². The van der Waals surface area contributed by atoms with Crippen LogP contribution in [-0.4, -0.2) is 44.4 Å². The minimum absolute atomic E-state index is 0.188. The quantitative estimate of drug-likeness (QED) is 0.0738. The standard InChI is InChI=1S/C31H44N2O5S/c1-4-5-6-7-21-33(22-9-11-26-39(35,36)37)30-16-14-28(15-17-30)12-13-29-18-23-32(24-19-29)20-8-10-25-38-31(34)27(2)3/h12-19,23-24H,2,4-11,20-22,25-26H2,1,3H3/p+1. The molecule has 0 bridgehead atoms. The minimum atomic E-state index is -3.90. The maximum atomic E-state index is 11.4. The van der Waals surface area contributed by atoms with Gasteiger partial charge in [0.05, 0.1) is 12.4 Å². The Balaban J connectivity index is 1.86. The van der Waals surface area contributed by atoms with Crippen molar-refractivity contribution in [3.8, 4) is 0 Å². The fourth-order valence-corrected chi connectivity index (χ4v) is 4.66. The SMILES string of the molecule is C=C(C)C(=O)OCCCC[n+]1ccc(C=Cc2ccc(N(CCCCCC)CCCCS(=O)(=O)O)cc2)cc1. The first-order valence-electron chi connectivity index (χ1n) is 14.0. The summed E-state index contributed by atoms with van der Waals surface area (Å²) >= 11 is 0. The monoisotopic (exact) mass is 557 g/mol. The molecule has 0 saturated heterocycles. The van der Waals surface area contributed by atoms with Crippen LogP contribution in [-0.2, 0) is 26.2 Å². The van der Waals surface area contributed by atoms with Gasteiger partial charge in [0.2, 0.25) is 0 Å². The zero-order valence-electron chi connectivity index (χ0n) is 23.6. The number of carbonyl (C=O) groups is 1. The first kappa shape index (κ1) is 32.2. The zero-order chi connectivity index (χ0) is 28.5. The number of hydrogen-bond acceptors (Lipinski definition) is 5. The molecule has 0 saturated carbocycles. The molecule has 0 aliphatic rings. The van der Waals surface area contributed by atoms with Crippen molar-refractivity contribution < 1.29 is 27.1 Å². The highest BCUT2D eigenvalue weighted by Crippen LogP contribution is 2.19. The third-order valence-electron chi connectivity index (χ3n) is 6.40. The lowest BCUT2D eigenvalue weighted by atomic mass is 10.1. The van der Waals surface area contributed by atoms with Gasteiger partial charge in [-0.1, -0.05) is 57.0 Å². The summed E-state index contributed by atoms with van der Waals surface area (Å²) < 4.78 is 38.3. The molecule has 7 nitrogen and oxygen atoms in total. The summed E-state index contributed by atoms with van der Waals surface area (Å²) in [5.41, 5.74) is 3.78. The van der Waals surface area contributed by atoms with E-state index in [1.54, 1.807) is 6.92 Å². The van der Waals surface area contributed by atoms with Gasteiger partial charge in [-0.3, -0.25) is 4.55 Å². The molecule has 1 heterocycles. The molecule has 2 aromatic rings. The molecule has 0 aliphatic carbocycles. The van der Waals surface area contributed by atoms with E-state index in [1.807, 2.05) is 0 Å². The van der Waals surface area contributed by atoms with Crippen molar-refractivity contribution in [2.45, 2.75) is 71.8 Å². The summed E-state index contributed by atoms with van der Waals surface area (Å²) in [7, 11) is -3.90. The Morgan fingerprint density at radius 1 is 0.923 bits per heavy atom. The first-order chi connectivity index (χ1) is 18.7. The van der Waals surface area contributed by atoms with E-state index in [-0.39, 0.29) is 11.7 Å². The average Bonchev–Trinajstić information content (AvgIpc) is 2.91. The largest absolute Gasteiger partial charge is 0.462 e. The minimum Gasteiger partial charge on any atom is -0.462 e. The molecule has 0 unspecified atom stereocenters. The Labute approximate surface area is 235 Å². The van der Waals surface area contributed by atoms with E-state index in [0.717, 1.165) is 55.7 Å². The number of benzene rings is 1. The van der Waals surface area contributed by atoms with E-state index in [9.17, 15) is 13.2 Å². The number of hydrogen-bond donors (Lipinski definition) is 1. The number of aromatic nitrogens is 1. The van der Waals surface area contributed by atoms with Crippen LogP contribution in [0.2, 0.25) is 0 Å². The lowest BCUT2D eigenvalue weighted by Gasteiger charge is -2.25. The predicted octanol–water partition coefficient (Wildman–Crippen LogP) is 6.10. The fourth-order valence-electron chi connectivity index (χ4n) is 4.09. The number of carbonyl (C=O) groups excluding carboxylic acids is 1. The molecular formula is C31H45N2O5S+. The van der Waals surface area contributed by atoms with Crippen LogP contribution in [0.5, 0.6) is 0 Å². The van der Waals surface area contributed by atoms with Gasteiger partial charge in [0.25, 0.3) is 10.1 Å². The number of unbranched alkanes of at least 4 members (excludes halogenated alkanes) is 5. The number of rotatable bonds is 19. The van der Waals surface area contributed by atoms with E-state index in [0.29, 0.717) is 25.0 Å². The molecule has 0 amide bonds. The Morgan fingerprint density at radius 2 is 1.54 bits per heavy atom. The van der Waals surface area contributed by atoms with Crippen molar-refractivity contribution >= 4 is 33.9 Å². The van der Waals surface area contributed by atoms with Gasteiger partial charge < -0.3 is 9.64 Å². The number of ether oxygens (including phenoxy) is 1. The summed E-state index contributed by atoms with van der Waals surface area (Å²) in [6.45, 7) is 10.4. The van der Waals surface area contributed by atoms with Crippen LogP contribution in [0.15, 0.2) is 60.9 Å². The molecule has 1 aromatic heterocycles. The average molecular weight is 558 g/mol. The highest BCUT2D eigenvalue weighted by atomic mass is 32.2. The van der Waals surface area contributed by atoms with Gasteiger partial charge in [0, 0.05) is 42.9 Å². The third-order valence-corrected chi connectivity index (χ3v) is 7.20. The van der Waals surface area contributed by atoms with E-state index >= 15 is 0 Å². The highest BCUT2D eigenvalue weighted by Gasteiger charge is 2.09. The summed E-state index contributed by atoms with van der Waals surface area (Å²) in [5.74, 6) is -0.519. The Kier molecular flexibility index (Phi) is 14.5. The Hall–Kier alpha value is -2.97. The number of anilines is 1. The molecule has 2 rings (SSSR count). The van der Waals surface area contributed by atoms with Gasteiger partial charge in [0.1, 0.15) is 6.54 Å². The topological polar surface area (TPSA) is 87.8 Å². The van der Waals surface area contributed by atoms with Crippen LogP contribution in [0.25, 0.3) is 12.2 Å². The smallest absolute Gasteiger partial charge is 0.333 e. The van der Waals surface area contributed by atoms with Crippen LogP contribution in [0.1, 0.15) is 76.3 Å². The Morgan fingerprint density at radius 3 is 2.13 bits per heavy atom. The number of pyridine rings is 1. The molecule has 0 radical (unpaired) electrons. The van der Waals surface area contributed by atoms with Crippen molar-refractivity contribution in [3.05, 3.63) is 72.1 Å². The second kappa shape index (κ2) is 17.6. The van der Waals surface area contributed by atoms with Crippen molar-refractivity contribution in [2.24, 2.45) is 0 Å². The van der Waals surface area contributed by atoms with E-state index < -0.39 is 10.1 Å². The lowest BCUT2D eigenvalue weighted by Crippen LogP contribution is -2.32. The summed E-state index contributed by atoms with van der Waals surface area (Å²) in [6, 6.07) is 12.6. The zero-order valence-corrected chi connectivity index (χ0v) is 24.4. The molecule has 1 aromatic carbocycles. The fraction of sp³-hybridized carbons (Fsp3) is 0.484. The molecule has 0 fully saturated rings. The second-order valence-corrected chi connectivity index (χ2v) is 11.5. The van der Waals surface area contributed by atoms with Crippen molar-refractivity contribution in [2.75, 3.05) is 30.3 Å². The van der Waals surface area contributed by atoms with Gasteiger partial charge in [-0.05, 0) is 55.9 Å². The van der Waals surface area contributed by atoms with Crippen molar-refractivity contribution in [1.29, 1.82) is 0 Å². The van der Waals surface area contributed by atoms with Gasteiger partial charge in [-0.15, -0.1) is 0 Å².